The monoisotopic (exact) mass is 353 g/mol. The molecule has 10 nitrogen and oxygen atoms in total. The number of nitrogens with zero attached hydrogens (tertiary/aromatic N) is 2. The lowest BCUT2D eigenvalue weighted by atomic mass is 10.1. The Morgan fingerprint density at radius 3 is 2.73 bits per heavy atom. The Kier molecular flexibility index (Phi) is 5.30. The number of aliphatic hydroxyl groups excluding tert-OH is 1. The molecule has 0 radical (unpaired) electrons. The molecule has 0 amide bonds. The summed E-state index contributed by atoms with van der Waals surface area (Å²) in [5, 5.41) is 9.36. The molecule has 1 aromatic rings. The third-order valence-electron chi connectivity index (χ3n) is 3.12. The summed E-state index contributed by atoms with van der Waals surface area (Å²) in [4.78, 5) is 34.1. The number of rotatable bonds is 5. The minimum Gasteiger partial charge on any atom is -0.394 e. The van der Waals surface area contributed by atoms with Crippen molar-refractivity contribution >= 4 is 24.3 Å². The standard InChI is InChI=1S/C10H16N3O7PS/c1-18-8-7(20-21(16,17)22)5(4-14)19-9(8)13-3-2-6(11)12-10(13)15/h2-3,5,7-9,14H,4H2,1H3,(H2,11,12,15)(H2,16,17,22)/t5-,7+,8-,9-/m1/s1. The van der Waals surface area contributed by atoms with Crippen LogP contribution in [0.5, 0.6) is 0 Å². The first-order chi connectivity index (χ1) is 10.3. The largest absolute Gasteiger partial charge is 0.394 e. The van der Waals surface area contributed by atoms with Gasteiger partial charge in [0.1, 0.15) is 24.1 Å². The van der Waals surface area contributed by atoms with Crippen molar-refractivity contribution in [3.8, 4) is 0 Å². The smallest absolute Gasteiger partial charge is 0.351 e. The van der Waals surface area contributed by atoms with E-state index in [2.05, 4.69) is 16.8 Å². The molecule has 1 saturated heterocycles. The van der Waals surface area contributed by atoms with E-state index in [1.54, 1.807) is 0 Å². The van der Waals surface area contributed by atoms with E-state index in [9.17, 15) is 19.7 Å². The molecule has 4 atom stereocenters. The van der Waals surface area contributed by atoms with Gasteiger partial charge in [0, 0.05) is 13.3 Å². The van der Waals surface area contributed by atoms with E-state index in [1.807, 2.05) is 0 Å². The van der Waals surface area contributed by atoms with Crippen molar-refractivity contribution in [3.63, 3.8) is 0 Å². The van der Waals surface area contributed by atoms with Crippen LogP contribution in [0.1, 0.15) is 6.23 Å². The highest BCUT2D eigenvalue weighted by molar-refractivity contribution is 8.06. The van der Waals surface area contributed by atoms with Gasteiger partial charge >= 0.3 is 12.4 Å². The van der Waals surface area contributed by atoms with Crippen molar-refractivity contribution in [1.82, 2.24) is 9.55 Å². The Morgan fingerprint density at radius 2 is 2.23 bits per heavy atom. The summed E-state index contributed by atoms with van der Waals surface area (Å²) in [6.45, 7) is -4.51. The molecule has 5 N–H and O–H groups in total. The summed E-state index contributed by atoms with van der Waals surface area (Å²) in [5.74, 6) is 0.0425. The Morgan fingerprint density at radius 1 is 1.55 bits per heavy atom. The van der Waals surface area contributed by atoms with E-state index in [-0.39, 0.29) is 5.82 Å². The zero-order valence-corrected chi connectivity index (χ0v) is 13.2. The van der Waals surface area contributed by atoms with Gasteiger partial charge in [-0.3, -0.25) is 9.09 Å². The highest BCUT2D eigenvalue weighted by Crippen LogP contribution is 2.44. The Labute approximate surface area is 130 Å². The Bertz CT molecular complexity index is 635. The number of anilines is 1. The van der Waals surface area contributed by atoms with Crippen LogP contribution in [0.2, 0.25) is 0 Å². The van der Waals surface area contributed by atoms with Crippen LogP contribution in [-0.2, 0) is 25.8 Å². The number of hydrogen-bond donors (Lipinski definition) is 4. The molecule has 1 aliphatic heterocycles. The topological polar surface area (TPSA) is 149 Å². The molecule has 0 aliphatic carbocycles. The molecule has 0 spiro atoms. The summed E-state index contributed by atoms with van der Waals surface area (Å²) >= 11 is 4.43. The van der Waals surface area contributed by atoms with Crippen molar-refractivity contribution in [2.24, 2.45) is 0 Å². The number of nitrogen functional groups attached to an aromatic ring is 1. The fourth-order valence-corrected chi connectivity index (χ4v) is 3.11. The number of aromatic nitrogens is 2. The third kappa shape index (κ3) is 3.70. The molecule has 0 saturated carbocycles. The van der Waals surface area contributed by atoms with Gasteiger partial charge in [-0.25, -0.2) is 4.79 Å². The maximum absolute atomic E-state index is 11.9. The SMILES string of the molecule is CO[C@@H]1[C@@H](OP(O)(O)=S)[C@@H](CO)O[C@H]1n1ccc(N)nc1=O. The second-order valence-electron chi connectivity index (χ2n) is 4.55. The summed E-state index contributed by atoms with van der Waals surface area (Å²) in [6.07, 6.45) is -2.57. The van der Waals surface area contributed by atoms with Crippen molar-refractivity contribution in [2.45, 2.75) is 24.5 Å². The minimum atomic E-state index is -4.01. The zero-order chi connectivity index (χ0) is 16.5. The lowest BCUT2D eigenvalue weighted by Crippen LogP contribution is -2.38. The second-order valence-corrected chi connectivity index (χ2v) is 7.17. The number of ether oxygens (including phenoxy) is 2. The molecule has 1 fully saturated rings. The molecule has 0 unspecified atom stereocenters. The van der Waals surface area contributed by atoms with Crippen LogP contribution in [-0.4, -0.2) is 56.5 Å². The van der Waals surface area contributed by atoms with E-state index in [0.717, 1.165) is 4.57 Å². The van der Waals surface area contributed by atoms with Gasteiger partial charge < -0.3 is 30.1 Å². The molecule has 1 aliphatic rings. The second kappa shape index (κ2) is 6.69. The van der Waals surface area contributed by atoms with Crippen LogP contribution >= 0.6 is 6.72 Å². The Hall–Kier alpha value is -0.910. The molecule has 12 heteroatoms. The normalized spacial score (nSPS) is 28.9. The maximum Gasteiger partial charge on any atom is 0.351 e. The van der Waals surface area contributed by atoms with E-state index in [1.165, 1.54) is 19.4 Å². The van der Waals surface area contributed by atoms with Gasteiger partial charge in [0.05, 0.1) is 6.61 Å². The van der Waals surface area contributed by atoms with Gasteiger partial charge in [-0.2, -0.15) is 4.98 Å². The molecule has 124 valence electrons. The van der Waals surface area contributed by atoms with Crippen LogP contribution in [0.3, 0.4) is 0 Å². The van der Waals surface area contributed by atoms with Crippen molar-refractivity contribution in [2.75, 3.05) is 19.5 Å². The van der Waals surface area contributed by atoms with Crippen molar-refractivity contribution in [3.05, 3.63) is 22.7 Å². The lowest BCUT2D eigenvalue weighted by molar-refractivity contribution is -0.0624. The average Bonchev–Trinajstić information content (AvgIpc) is 2.74. The first-order valence-electron chi connectivity index (χ1n) is 6.14. The molecular formula is C10H16N3O7PS. The van der Waals surface area contributed by atoms with Gasteiger partial charge in [-0.15, -0.1) is 0 Å². The van der Waals surface area contributed by atoms with Gasteiger partial charge in [0.25, 0.3) is 0 Å². The zero-order valence-electron chi connectivity index (χ0n) is 11.5. The van der Waals surface area contributed by atoms with Gasteiger partial charge in [-0.1, -0.05) is 0 Å². The molecule has 22 heavy (non-hydrogen) atoms. The van der Waals surface area contributed by atoms with E-state index < -0.39 is 43.6 Å². The fourth-order valence-electron chi connectivity index (χ4n) is 2.24. The molecule has 2 heterocycles. The molecule has 2 rings (SSSR count). The number of hydrogen-bond acceptors (Lipinski definition) is 8. The highest BCUT2D eigenvalue weighted by Gasteiger charge is 2.48. The maximum atomic E-state index is 11.9. The minimum absolute atomic E-state index is 0.0425. The predicted molar refractivity (Wildman–Crippen MR) is 78.3 cm³/mol. The number of methoxy groups -OCH3 is 1. The molecule has 0 bridgehead atoms. The molecule has 1 aromatic heterocycles. The molecular weight excluding hydrogens is 337 g/mol. The van der Waals surface area contributed by atoms with Crippen molar-refractivity contribution in [1.29, 1.82) is 0 Å². The summed E-state index contributed by atoms with van der Waals surface area (Å²) in [7, 11) is 1.32. The molecule has 0 aromatic carbocycles. The lowest BCUT2D eigenvalue weighted by Gasteiger charge is -2.24. The van der Waals surface area contributed by atoms with Gasteiger partial charge in [0.2, 0.25) is 0 Å². The fraction of sp³-hybridized carbons (Fsp3) is 0.600. The summed E-state index contributed by atoms with van der Waals surface area (Å²) in [5.41, 5.74) is 4.74. The summed E-state index contributed by atoms with van der Waals surface area (Å²) in [6, 6.07) is 1.39. The average molecular weight is 353 g/mol. The van der Waals surface area contributed by atoms with E-state index in [4.69, 9.17) is 19.7 Å². The van der Waals surface area contributed by atoms with Gasteiger partial charge in [0.15, 0.2) is 6.23 Å². The summed E-state index contributed by atoms with van der Waals surface area (Å²) < 4.78 is 16.8. The predicted octanol–water partition coefficient (Wildman–Crippen LogP) is -1.68. The quantitative estimate of drug-likeness (QED) is 0.452. The number of nitrogens with two attached hydrogens (primary N) is 1. The van der Waals surface area contributed by atoms with Crippen LogP contribution < -0.4 is 11.4 Å². The third-order valence-corrected chi connectivity index (χ3v) is 3.90. The first-order valence-corrected chi connectivity index (χ1v) is 8.77. The first kappa shape index (κ1) is 17.4. The van der Waals surface area contributed by atoms with Crippen molar-refractivity contribution < 1.29 is 28.9 Å². The van der Waals surface area contributed by atoms with Crippen LogP contribution in [0.25, 0.3) is 0 Å². The van der Waals surface area contributed by atoms with E-state index >= 15 is 0 Å². The van der Waals surface area contributed by atoms with Crippen LogP contribution in [0.4, 0.5) is 5.82 Å². The van der Waals surface area contributed by atoms with Crippen LogP contribution in [0, 0.1) is 0 Å². The Balaban J connectivity index is 2.36. The van der Waals surface area contributed by atoms with Crippen LogP contribution in [0.15, 0.2) is 17.1 Å². The number of aliphatic hydroxyl groups is 1. The van der Waals surface area contributed by atoms with E-state index in [0.29, 0.717) is 0 Å². The van der Waals surface area contributed by atoms with Gasteiger partial charge in [-0.05, 0) is 17.9 Å². The highest BCUT2D eigenvalue weighted by atomic mass is 32.5.